The first-order chi connectivity index (χ1) is 10.7. The minimum Gasteiger partial charge on any atom is -0.389 e. The molecule has 0 saturated carbocycles. The molecule has 0 radical (unpaired) electrons. The van der Waals surface area contributed by atoms with E-state index in [9.17, 15) is 5.11 Å². The molecule has 0 spiro atoms. The maximum Gasteiger partial charge on any atom is 0.0897 e. The van der Waals surface area contributed by atoms with Crippen LogP contribution in [0.1, 0.15) is 25.3 Å². The van der Waals surface area contributed by atoms with E-state index in [1.165, 1.54) is 0 Å². The van der Waals surface area contributed by atoms with Gasteiger partial charge in [-0.3, -0.25) is 0 Å². The molecule has 0 unspecified atom stereocenters. The van der Waals surface area contributed by atoms with Crippen molar-refractivity contribution < 1.29 is 9.84 Å². The number of nitrogens with zero attached hydrogens (tertiary/aromatic N) is 1. The molecule has 2 rings (SSSR count). The molecule has 1 saturated heterocycles. The first-order valence-electron chi connectivity index (χ1n) is 8.13. The Kier molecular flexibility index (Phi) is 7.63. The summed E-state index contributed by atoms with van der Waals surface area (Å²) in [4.78, 5) is 2.46. The first kappa shape index (κ1) is 17.7. The van der Waals surface area contributed by atoms with Crippen LogP contribution in [0.5, 0.6) is 0 Å². The molecule has 1 heterocycles. The summed E-state index contributed by atoms with van der Waals surface area (Å²) in [5, 5.41) is 14.2. The lowest BCUT2D eigenvalue weighted by molar-refractivity contribution is 0.0264. The predicted molar refractivity (Wildman–Crippen MR) is 90.3 cm³/mol. The van der Waals surface area contributed by atoms with Gasteiger partial charge in [0, 0.05) is 17.6 Å². The number of rotatable bonds is 8. The van der Waals surface area contributed by atoms with Crippen molar-refractivity contribution in [3.8, 4) is 0 Å². The van der Waals surface area contributed by atoms with E-state index in [0.717, 1.165) is 43.1 Å². The Labute approximate surface area is 138 Å². The average Bonchev–Trinajstić information content (AvgIpc) is 2.55. The minimum absolute atomic E-state index is 0.351. The zero-order valence-electron chi connectivity index (χ0n) is 13.3. The van der Waals surface area contributed by atoms with E-state index < -0.39 is 6.10 Å². The fourth-order valence-electron chi connectivity index (χ4n) is 2.71. The fourth-order valence-corrected chi connectivity index (χ4v) is 2.83. The SMILES string of the molecule is CCN1CCC(NC[C@H](O)COCc2ccc(Cl)cc2)CC1. The highest BCUT2D eigenvalue weighted by atomic mass is 35.5. The lowest BCUT2D eigenvalue weighted by Gasteiger charge is -2.32. The van der Waals surface area contributed by atoms with Gasteiger partial charge in [-0.25, -0.2) is 0 Å². The van der Waals surface area contributed by atoms with E-state index in [1.54, 1.807) is 0 Å². The molecule has 1 aliphatic rings. The normalized spacial score (nSPS) is 18.5. The molecule has 1 aromatic carbocycles. The van der Waals surface area contributed by atoms with Gasteiger partial charge in [-0.05, 0) is 50.2 Å². The molecule has 1 aromatic rings. The van der Waals surface area contributed by atoms with Gasteiger partial charge in [0.25, 0.3) is 0 Å². The number of benzene rings is 1. The fraction of sp³-hybridized carbons (Fsp3) is 0.647. The number of halogens is 1. The van der Waals surface area contributed by atoms with E-state index in [0.29, 0.717) is 25.8 Å². The van der Waals surface area contributed by atoms with Crippen LogP contribution in [0.25, 0.3) is 0 Å². The molecule has 1 fully saturated rings. The van der Waals surface area contributed by atoms with Crippen molar-refractivity contribution in [3.63, 3.8) is 0 Å². The van der Waals surface area contributed by atoms with Gasteiger partial charge in [-0.15, -0.1) is 0 Å². The Bertz CT molecular complexity index is 419. The Morgan fingerprint density at radius 1 is 1.32 bits per heavy atom. The van der Waals surface area contributed by atoms with Gasteiger partial charge in [0.2, 0.25) is 0 Å². The van der Waals surface area contributed by atoms with Crippen molar-refractivity contribution in [2.75, 3.05) is 32.8 Å². The quantitative estimate of drug-likeness (QED) is 0.769. The average molecular weight is 327 g/mol. The van der Waals surface area contributed by atoms with E-state index in [2.05, 4.69) is 17.1 Å². The molecule has 1 atom stereocenters. The summed E-state index contributed by atoms with van der Waals surface area (Å²) in [6, 6.07) is 8.10. The Morgan fingerprint density at radius 2 is 2.00 bits per heavy atom. The molecule has 0 amide bonds. The number of piperidine rings is 1. The van der Waals surface area contributed by atoms with Crippen molar-refractivity contribution in [3.05, 3.63) is 34.9 Å². The zero-order chi connectivity index (χ0) is 15.8. The third kappa shape index (κ3) is 6.23. The summed E-state index contributed by atoms with van der Waals surface area (Å²) in [6.07, 6.45) is 1.86. The summed E-state index contributed by atoms with van der Waals surface area (Å²) < 4.78 is 5.55. The van der Waals surface area contributed by atoms with Crippen LogP contribution in [-0.2, 0) is 11.3 Å². The Hall–Kier alpha value is -0.650. The maximum atomic E-state index is 9.98. The van der Waals surface area contributed by atoms with E-state index in [-0.39, 0.29) is 0 Å². The lowest BCUT2D eigenvalue weighted by atomic mass is 10.1. The third-order valence-electron chi connectivity index (χ3n) is 4.17. The number of aliphatic hydroxyl groups is 1. The number of nitrogens with one attached hydrogen (secondary N) is 1. The van der Waals surface area contributed by atoms with Crippen LogP contribution in [-0.4, -0.2) is 54.9 Å². The minimum atomic E-state index is -0.462. The molecule has 22 heavy (non-hydrogen) atoms. The molecule has 4 nitrogen and oxygen atoms in total. The van der Waals surface area contributed by atoms with Crippen molar-refractivity contribution in [1.29, 1.82) is 0 Å². The van der Waals surface area contributed by atoms with Crippen molar-refractivity contribution >= 4 is 11.6 Å². The van der Waals surface area contributed by atoms with Gasteiger partial charge in [0.15, 0.2) is 0 Å². The third-order valence-corrected chi connectivity index (χ3v) is 4.42. The molecule has 0 bridgehead atoms. The number of hydrogen-bond donors (Lipinski definition) is 2. The van der Waals surface area contributed by atoms with Crippen LogP contribution in [0.4, 0.5) is 0 Å². The van der Waals surface area contributed by atoms with Crippen LogP contribution in [0.2, 0.25) is 5.02 Å². The van der Waals surface area contributed by atoms with Crippen molar-refractivity contribution in [2.24, 2.45) is 0 Å². The van der Waals surface area contributed by atoms with Gasteiger partial charge >= 0.3 is 0 Å². The van der Waals surface area contributed by atoms with Crippen molar-refractivity contribution in [2.45, 2.75) is 38.5 Å². The molecule has 124 valence electrons. The summed E-state index contributed by atoms with van der Waals surface area (Å²) in [7, 11) is 0. The highest BCUT2D eigenvalue weighted by Crippen LogP contribution is 2.11. The molecular weight excluding hydrogens is 300 g/mol. The van der Waals surface area contributed by atoms with Crippen LogP contribution in [0, 0.1) is 0 Å². The van der Waals surface area contributed by atoms with E-state index >= 15 is 0 Å². The van der Waals surface area contributed by atoms with E-state index in [1.807, 2.05) is 24.3 Å². The molecular formula is C17H27ClN2O2. The summed E-state index contributed by atoms with van der Waals surface area (Å²) in [5.74, 6) is 0. The Morgan fingerprint density at radius 3 is 2.64 bits per heavy atom. The lowest BCUT2D eigenvalue weighted by Crippen LogP contribution is -2.45. The molecule has 2 N–H and O–H groups in total. The summed E-state index contributed by atoms with van der Waals surface area (Å²) in [5.41, 5.74) is 1.07. The van der Waals surface area contributed by atoms with Crippen LogP contribution >= 0.6 is 11.6 Å². The zero-order valence-corrected chi connectivity index (χ0v) is 14.1. The monoisotopic (exact) mass is 326 g/mol. The number of hydrogen-bond acceptors (Lipinski definition) is 4. The molecule has 0 aromatic heterocycles. The standard InChI is InChI=1S/C17H27ClN2O2/c1-2-20-9-7-16(8-10-20)19-11-17(21)13-22-12-14-3-5-15(18)6-4-14/h3-6,16-17,19,21H,2,7-13H2,1H3/t17-/m0/s1. The highest BCUT2D eigenvalue weighted by Gasteiger charge is 2.18. The van der Waals surface area contributed by atoms with Gasteiger partial charge in [-0.1, -0.05) is 30.7 Å². The number of likely N-dealkylation sites (tertiary alicyclic amines) is 1. The van der Waals surface area contributed by atoms with Crippen LogP contribution in [0.3, 0.4) is 0 Å². The summed E-state index contributed by atoms with van der Waals surface area (Å²) >= 11 is 5.84. The second-order valence-electron chi connectivity index (χ2n) is 5.91. The van der Waals surface area contributed by atoms with E-state index in [4.69, 9.17) is 16.3 Å². The predicted octanol–water partition coefficient (Wildman–Crippen LogP) is 2.29. The number of ether oxygens (including phenoxy) is 1. The van der Waals surface area contributed by atoms with Gasteiger partial charge < -0.3 is 20.1 Å². The van der Waals surface area contributed by atoms with Crippen molar-refractivity contribution in [1.82, 2.24) is 10.2 Å². The van der Waals surface area contributed by atoms with Gasteiger partial charge in [0.05, 0.1) is 19.3 Å². The summed E-state index contributed by atoms with van der Waals surface area (Å²) in [6.45, 7) is 7.09. The van der Waals surface area contributed by atoms with Crippen LogP contribution < -0.4 is 5.32 Å². The van der Waals surface area contributed by atoms with Gasteiger partial charge in [0.1, 0.15) is 0 Å². The topological polar surface area (TPSA) is 44.7 Å². The second kappa shape index (κ2) is 9.48. The molecule has 5 heteroatoms. The highest BCUT2D eigenvalue weighted by molar-refractivity contribution is 6.30. The largest absolute Gasteiger partial charge is 0.389 e. The maximum absolute atomic E-state index is 9.98. The number of aliphatic hydroxyl groups excluding tert-OH is 1. The first-order valence-corrected chi connectivity index (χ1v) is 8.51. The molecule has 1 aliphatic heterocycles. The van der Waals surface area contributed by atoms with Crippen LogP contribution in [0.15, 0.2) is 24.3 Å². The Balaban J connectivity index is 1.56. The second-order valence-corrected chi connectivity index (χ2v) is 6.35. The smallest absolute Gasteiger partial charge is 0.0897 e. The molecule has 0 aliphatic carbocycles. The van der Waals surface area contributed by atoms with Gasteiger partial charge in [-0.2, -0.15) is 0 Å².